The van der Waals surface area contributed by atoms with Crippen LogP contribution >= 0.6 is 0 Å². The first kappa shape index (κ1) is 7.73. The minimum absolute atomic E-state index is 0.259. The van der Waals surface area contributed by atoms with E-state index < -0.39 is 0 Å². The highest BCUT2D eigenvalue weighted by atomic mass is 15.3. The normalized spacial score (nSPS) is 26.1. The van der Waals surface area contributed by atoms with Crippen molar-refractivity contribution in [3.63, 3.8) is 0 Å². The van der Waals surface area contributed by atoms with E-state index in [-0.39, 0.29) is 5.54 Å². The third kappa shape index (κ3) is 0.870. The van der Waals surface area contributed by atoms with Gasteiger partial charge < -0.3 is 0 Å². The first-order valence-corrected chi connectivity index (χ1v) is 3.72. The molecule has 0 fully saturated rings. The molecule has 2 heteroatoms. The van der Waals surface area contributed by atoms with Gasteiger partial charge in [-0.3, -0.25) is 0 Å². The van der Waals surface area contributed by atoms with Gasteiger partial charge in [-0.15, -0.1) is 0 Å². The summed E-state index contributed by atoms with van der Waals surface area (Å²) >= 11 is 0. The highest BCUT2D eigenvalue weighted by Crippen LogP contribution is 2.18. The van der Waals surface area contributed by atoms with Gasteiger partial charge >= 0.3 is 0 Å². The molecule has 0 saturated heterocycles. The van der Waals surface area contributed by atoms with Crippen molar-refractivity contribution in [1.82, 2.24) is 4.90 Å². The van der Waals surface area contributed by atoms with Crippen molar-refractivity contribution in [1.29, 1.82) is 0 Å². The molecule has 0 atom stereocenters. The van der Waals surface area contributed by atoms with E-state index in [1.807, 2.05) is 0 Å². The zero-order chi connectivity index (χ0) is 7.94. The predicted octanol–water partition coefficient (Wildman–Crippen LogP) is 0.771. The lowest BCUT2D eigenvalue weighted by molar-refractivity contribution is -0.505. The maximum absolute atomic E-state index is 2.35. The third-order valence-electron chi connectivity index (χ3n) is 2.84. The van der Waals surface area contributed by atoms with Crippen molar-refractivity contribution >= 4 is 5.71 Å². The Labute approximate surface area is 63.2 Å². The molecular weight excluding hydrogens is 124 g/mol. The molecular formula is C8H17N2+. The summed E-state index contributed by atoms with van der Waals surface area (Å²) in [6.07, 6.45) is 0. The fourth-order valence-electron chi connectivity index (χ4n) is 1.34. The van der Waals surface area contributed by atoms with Crippen LogP contribution < -0.4 is 0 Å². The zero-order valence-corrected chi connectivity index (χ0v) is 7.60. The van der Waals surface area contributed by atoms with Crippen LogP contribution in [0.1, 0.15) is 20.8 Å². The summed E-state index contributed by atoms with van der Waals surface area (Å²) in [6.45, 7) is 7.76. The van der Waals surface area contributed by atoms with Crippen LogP contribution in [0.5, 0.6) is 0 Å². The molecule has 0 aromatic heterocycles. The van der Waals surface area contributed by atoms with Crippen LogP contribution in [0.2, 0.25) is 0 Å². The Kier molecular flexibility index (Phi) is 1.59. The maximum Gasteiger partial charge on any atom is 0.199 e. The quantitative estimate of drug-likeness (QED) is 0.452. The number of rotatable bonds is 0. The average Bonchev–Trinajstić information content (AvgIpc) is 1.97. The molecule has 0 aromatic carbocycles. The van der Waals surface area contributed by atoms with Crippen LogP contribution in [-0.2, 0) is 0 Å². The Balaban J connectivity index is 2.94. The molecule has 1 aliphatic heterocycles. The van der Waals surface area contributed by atoms with E-state index in [9.17, 15) is 0 Å². The number of hydrogen-bond donors (Lipinski definition) is 0. The highest BCUT2D eigenvalue weighted by Gasteiger charge is 2.39. The molecule has 1 rings (SSSR count). The predicted molar refractivity (Wildman–Crippen MR) is 43.6 cm³/mol. The van der Waals surface area contributed by atoms with Crippen molar-refractivity contribution in [2.45, 2.75) is 26.3 Å². The first-order chi connectivity index (χ1) is 4.46. The lowest BCUT2D eigenvalue weighted by atomic mass is 10.00. The zero-order valence-electron chi connectivity index (χ0n) is 7.60. The maximum atomic E-state index is 2.35. The molecule has 0 bridgehead atoms. The lowest BCUT2D eigenvalue weighted by Gasteiger charge is -2.22. The molecule has 1 heterocycles. The molecule has 2 nitrogen and oxygen atoms in total. The van der Waals surface area contributed by atoms with Crippen LogP contribution in [0.15, 0.2) is 0 Å². The van der Waals surface area contributed by atoms with Crippen molar-refractivity contribution in [3.8, 4) is 0 Å². The summed E-state index contributed by atoms with van der Waals surface area (Å²) in [6, 6.07) is 0. The van der Waals surface area contributed by atoms with E-state index in [2.05, 4.69) is 44.3 Å². The van der Waals surface area contributed by atoms with Gasteiger partial charge in [0.2, 0.25) is 0 Å². The van der Waals surface area contributed by atoms with Crippen molar-refractivity contribution < 1.29 is 4.58 Å². The molecule has 0 amide bonds. The van der Waals surface area contributed by atoms with E-state index in [1.165, 1.54) is 5.71 Å². The van der Waals surface area contributed by atoms with Gasteiger partial charge in [0, 0.05) is 6.92 Å². The van der Waals surface area contributed by atoms with E-state index >= 15 is 0 Å². The standard InChI is InChI=1S/C8H17N2/c1-7-8(2,3)10(5)6-9(7)4/h6H2,1-5H3/q+1. The van der Waals surface area contributed by atoms with Gasteiger partial charge in [-0.2, -0.15) is 0 Å². The lowest BCUT2D eigenvalue weighted by Crippen LogP contribution is -2.41. The molecule has 0 spiro atoms. The van der Waals surface area contributed by atoms with Gasteiger partial charge in [-0.25, -0.2) is 9.48 Å². The summed E-state index contributed by atoms with van der Waals surface area (Å²) in [7, 11) is 4.30. The topological polar surface area (TPSA) is 6.25 Å². The average molecular weight is 141 g/mol. The summed E-state index contributed by atoms with van der Waals surface area (Å²) in [5.74, 6) is 0. The Morgan fingerprint density at radius 3 is 2.10 bits per heavy atom. The minimum Gasteiger partial charge on any atom is -0.236 e. The van der Waals surface area contributed by atoms with Gasteiger partial charge in [0.05, 0.1) is 0 Å². The van der Waals surface area contributed by atoms with Crippen molar-refractivity contribution in [2.24, 2.45) is 0 Å². The monoisotopic (exact) mass is 141 g/mol. The molecule has 0 aliphatic carbocycles. The van der Waals surface area contributed by atoms with E-state index in [1.54, 1.807) is 0 Å². The highest BCUT2D eigenvalue weighted by molar-refractivity contribution is 5.87. The molecule has 10 heavy (non-hydrogen) atoms. The molecule has 1 aliphatic rings. The van der Waals surface area contributed by atoms with Gasteiger partial charge in [0.25, 0.3) is 0 Å². The molecule has 0 N–H and O–H groups in total. The molecule has 0 saturated carbocycles. The Morgan fingerprint density at radius 2 is 2.00 bits per heavy atom. The van der Waals surface area contributed by atoms with Gasteiger partial charge in [0.15, 0.2) is 12.4 Å². The molecule has 0 unspecified atom stereocenters. The number of hydrogen-bond acceptors (Lipinski definition) is 1. The Hall–Kier alpha value is -0.370. The van der Waals surface area contributed by atoms with E-state index in [0.717, 1.165) is 6.67 Å². The van der Waals surface area contributed by atoms with Crippen LogP contribution in [-0.4, -0.2) is 41.5 Å². The smallest absolute Gasteiger partial charge is 0.199 e. The SMILES string of the molecule is CC1=[N+](C)CN(C)C1(C)C. The first-order valence-electron chi connectivity index (χ1n) is 3.72. The molecule has 0 aromatic rings. The summed E-state index contributed by atoms with van der Waals surface area (Å²) in [5, 5.41) is 0. The van der Waals surface area contributed by atoms with Crippen LogP contribution in [0, 0.1) is 0 Å². The number of nitrogens with zero attached hydrogens (tertiary/aromatic N) is 2. The van der Waals surface area contributed by atoms with Crippen LogP contribution in [0.3, 0.4) is 0 Å². The Bertz CT molecular complexity index is 180. The van der Waals surface area contributed by atoms with E-state index in [0.29, 0.717) is 0 Å². The Morgan fingerprint density at radius 1 is 1.50 bits per heavy atom. The second-order valence-corrected chi connectivity index (χ2v) is 3.68. The van der Waals surface area contributed by atoms with Gasteiger partial charge in [-0.1, -0.05) is 0 Å². The summed E-state index contributed by atoms with van der Waals surface area (Å²) in [5.41, 5.74) is 1.71. The van der Waals surface area contributed by atoms with Crippen molar-refractivity contribution in [2.75, 3.05) is 20.8 Å². The summed E-state index contributed by atoms with van der Waals surface area (Å²) in [4.78, 5) is 2.35. The van der Waals surface area contributed by atoms with Crippen LogP contribution in [0.25, 0.3) is 0 Å². The second-order valence-electron chi connectivity index (χ2n) is 3.68. The van der Waals surface area contributed by atoms with Gasteiger partial charge in [0.1, 0.15) is 12.6 Å². The molecule has 0 radical (unpaired) electrons. The minimum atomic E-state index is 0.259. The van der Waals surface area contributed by atoms with E-state index in [4.69, 9.17) is 0 Å². The molecule has 58 valence electrons. The fourth-order valence-corrected chi connectivity index (χ4v) is 1.34. The van der Waals surface area contributed by atoms with Crippen LogP contribution in [0.4, 0.5) is 0 Å². The fraction of sp³-hybridized carbons (Fsp3) is 0.875. The van der Waals surface area contributed by atoms with Gasteiger partial charge in [-0.05, 0) is 20.9 Å². The summed E-state index contributed by atoms with van der Waals surface area (Å²) < 4.78 is 2.29. The van der Waals surface area contributed by atoms with Crippen molar-refractivity contribution in [3.05, 3.63) is 0 Å². The third-order valence-corrected chi connectivity index (χ3v) is 2.84. The second kappa shape index (κ2) is 2.06. The largest absolute Gasteiger partial charge is 0.236 e.